The molecule has 0 aromatic heterocycles. The van der Waals surface area contributed by atoms with Crippen LogP contribution in [0.25, 0.3) is 0 Å². The molecule has 4 nitrogen and oxygen atoms in total. The highest BCUT2D eigenvalue weighted by Crippen LogP contribution is 2.31. The Morgan fingerprint density at radius 3 is 2.27 bits per heavy atom. The van der Waals surface area contributed by atoms with Gasteiger partial charge in [0.15, 0.2) is 11.6 Å². The van der Waals surface area contributed by atoms with Crippen molar-refractivity contribution in [2.24, 2.45) is 0 Å². The molecule has 0 amide bonds. The molecule has 1 aliphatic carbocycles. The number of hydrogen-bond donors (Lipinski definition) is 2. The fraction of sp³-hybridized carbons (Fsp3) is 0.0909. The number of anilines is 1. The van der Waals surface area contributed by atoms with E-state index in [1.165, 1.54) is 18.2 Å². The van der Waals surface area contributed by atoms with Gasteiger partial charge in [-0.1, -0.05) is 0 Å². The first-order valence-corrected chi connectivity index (χ1v) is 4.45. The van der Waals surface area contributed by atoms with Gasteiger partial charge in [0, 0.05) is 12.7 Å². The highest BCUT2D eigenvalue weighted by Gasteiger charge is 2.25. The molecule has 76 valence electrons. The van der Waals surface area contributed by atoms with Gasteiger partial charge in [-0.3, -0.25) is 9.59 Å². The molecule has 0 bridgehead atoms. The second-order valence-electron chi connectivity index (χ2n) is 3.19. The van der Waals surface area contributed by atoms with Crippen LogP contribution in [-0.2, 0) is 0 Å². The Balaban J connectivity index is 2.78. The minimum Gasteiger partial charge on any atom is -0.507 e. The van der Waals surface area contributed by atoms with Crippen LogP contribution in [0.2, 0.25) is 0 Å². The predicted molar refractivity (Wildman–Crippen MR) is 55.5 cm³/mol. The molecular weight excluding hydrogens is 194 g/mol. The molecule has 0 unspecified atom stereocenters. The van der Waals surface area contributed by atoms with E-state index in [2.05, 4.69) is 5.32 Å². The normalized spacial score (nSPS) is 13.9. The number of fused-ring (bicyclic) bond motifs is 1. The van der Waals surface area contributed by atoms with Crippen LogP contribution in [0.1, 0.15) is 20.7 Å². The van der Waals surface area contributed by atoms with Crippen LogP contribution in [0.15, 0.2) is 24.3 Å². The number of rotatable bonds is 1. The van der Waals surface area contributed by atoms with Crippen LogP contribution in [-0.4, -0.2) is 23.7 Å². The number of phenolic OH excluding ortho intramolecular Hbond substituents is 1. The lowest BCUT2D eigenvalue weighted by Crippen LogP contribution is -2.14. The van der Waals surface area contributed by atoms with Crippen LogP contribution in [0.4, 0.5) is 5.69 Å². The van der Waals surface area contributed by atoms with E-state index in [9.17, 15) is 14.7 Å². The van der Waals surface area contributed by atoms with Crippen molar-refractivity contribution in [3.8, 4) is 5.75 Å². The van der Waals surface area contributed by atoms with Gasteiger partial charge in [0.1, 0.15) is 5.75 Å². The number of ketones is 2. The van der Waals surface area contributed by atoms with Gasteiger partial charge < -0.3 is 10.4 Å². The quantitative estimate of drug-likeness (QED) is 0.676. The maximum Gasteiger partial charge on any atom is 0.190 e. The molecule has 0 aliphatic heterocycles. The maximum atomic E-state index is 11.6. The smallest absolute Gasteiger partial charge is 0.190 e. The lowest BCUT2D eigenvalue weighted by Gasteiger charge is -2.14. The van der Waals surface area contributed by atoms with E-state index < -0.39 is 0 Å². The molecule has 0 saturated carbocycles. The van der Waals surface area contributed by atoms with Gasteiger partial charge in [0.25, 0.3) is 0 Å². The van der Waals surface area contributed by atoms with E-state index in [-0.39, 0.29) is 28.4 Å². The summed E-state index contributed by atoms with van der Waals surface area (Å²) in [6, 6.07) is 2.97. The minimum atomic E-state index is -0.348. The first-order valence-electron chi connectivity index (χ1n) is 4.45. The van der Waals surface area contributed by atoms with E-state index >= 15 is 0 Å². The average molecular weight is 203 g/mol. The number of carbonyl (C=O) groups is 2. The number of carbonyl (C=O) groups excluding carboxylic acids is 2. The number of hydrogen-bond acceptors (Lipinski definition) is 4. The van der Waals surface area contributed by atoms with Gasteiger partial charge in [-0.2, -0.15) is 0 Å². The molecule has 0 atom stereocenters. The van der Waals surface area contributed by atoms with E-state index in [0.717, 1.165) is 0 Å². The Morgan fingerprint density at radius 2 is 1.67 bits per heavy atom. The fourth-order valence-corrected chi connectivity index (χ4v) is 1.62. The first kappa shape index (κ1) is 9.45. The minimum absolute atomic E-state index is 0.0781. The number of benzene rings is 1. The SMILES string of the molecule is CNc1ccc(O)c2c1C(=O)C=CC2=O. The summed E-state index contributed by atoms with van der Waals surface area (Å²) in [6.07, 6.45) is 2.38. The van der Waals surface area contributed by atoms with Gasteiger partial charge in [-0.05, 0) is 24.3 Å². The maximum absolute atomic E-state index is 11.6. The third-order valence-electron chi connectivity index (χ3n) is 2.33. The first-order chi connectivity index (χ1) is 7.15. The largest absolute Gasteiger partial charge is 0.507 e. The van der Waals surface area contributed by atoms with Crippen molar-refractivity contribution >= 4 is 17.3 Å². The second kappa shape index (κ2) is 3.24. The summed E-state index contributed by atoms with van der Waals surface area (Å²) in [6.45, 7) is 0. The van der Waals surface area contributed by atoms with Crippen molar-refractivity contribution in [2.45, 2.75) is 0 Å². The Kier molecular flexibility index (Phi) is 2.04. The van der Waals surface area contributed by atoms with Crippen molar-refractivity contribution < 1.29 is 14.7 Å². The monoisotopic (exact) mass is 203 g/mol. The van der Waals surface area contributed by atoms with Gasteiger partial charge in [0.05, 0.1) is 11.1 Å². The molecule has 0 radical (unpaired) electrons. The van der Waals surface area contributed by atoms with E-state index in [0.29, 0.717) is 5.69 Å². The number of phenols is 1. The molecule has 1 aliphatic rings. The number of aromatic hydroxyl groups is 1. The van der Waals surface area contributed by atoms with Crippen molar-refractivity contribution in [1.29, 1.82) is 0 Å². The Bertz CT molecular complexity index is 489. The molecule has 0 spiro atoms. The van der Waals surface area contributed by atoms with Crippen LogP contribution in [0.5, 0.6) is 5.75 Å². The third-order valence-corrected chi connectivity index (χ3v) is 2.33. The Morgan fingerprint density at radius 1 is 1.07 bits per heavy atom. The number of allylic oxidation sites excluding steroid dienone is 2. The van der Waals surface area contributed by atoms with Crippen molar-refractivity contribution in [3.05, 3.63) is 35.4 Å². The van der Waals surface area contributed by atoms with E-state index in [1.807, 2.05) is 0 Å². The second-order valence-corrected chi connectivity index (χ2v) is 3.19. The molecule has 0 fully saturated rings. The lowest BCUT2D eigenvalue weighted by molar-refractivity contribution is 0.0992. The molecular formula is C11H9NO3. The zero-order chi connectivity index (χ0) is 11.0. The van der Waals surface area contributed by atoms with Gasteiger partial charge in [-0.15, -0.1) is 0 Å². The summed E-state index contributed by atoms with van der Waals surface area (Å²) in [4.78, 5) is 23.1. The van der Waals surface area contributed by atoms with Crippen molar-refractivity contribution in [2.75, 3.05) is 12.4 Å². The lowest BCUT2D eigenvalue weighted by atomic mass is 9.92. The van der Waals surface area contributed by atoms with Crippen molar-refractivity contribution in [3.63, 3.8) is 0 Å². The standard InChI is InChI=1S/C11H9NO3/c1-12-6-2-3-8(14)11-9(15)5-4-7(13)10(6)11/h2-5,12,14H,1H3. The molecule has 1 aromatic carbocycles. The summed E-state index contributed by atoms with van der Waals surface area (Å²) in [5.74, 6) is -0.782. The fourth-order valence-electron chi connectivity index (χ4n) is 1.62. The molecule has 2 rings (SSSR count). The summed E-state index contributed by atoms with van der Waals surface area (Å²) in [7, 11) is 1.66. The predicted octanol–water partition coefficient (Wildman–Crippen LogP) is 1.37. The van der Waals surface area contributed by atoms with Gasteiger partial charge in [0.2, 0.25) is 0 Å². The summed E-state index contributed by atoms with van der Waals surface area (Å²) in [5, 5.41) is 12.3. The molecule has 0 heterocycles. The van der Waals surface area contributed by atoms with Crippen LogP contribution >= 0.6 is 0 Å². The van der Waals surface area contributed by atoms with E-state index in [4.69, 9.17) is 0 Å². The zero-order valence-corrected chi connectivity index (χ0v) is 8.07. The highest BCUT2D eigenvalue weighted by molar-refractivity contribution is 6.25. The molecule has 2 N–H and O–H groups in total. The van der Waals surface area contributed by atoms with Gasteiger partial charge >= 0.3 is 0 Å². The summed E-state index contributed by atoms with van der Waals surface area (Å²) in [5.41, 5.74) is 0.866. The van der Waals surface area contributed by atoms with Crippen molar-refractivity contribution in [1.82, 2.24) is 0 Å². The number of nitrogens with one attached hydrogen (secondary N) is 1. The van der Waals surface area contributed by atoms with Crippen LogP contribution < -0.4 is 5.32 Å². The van der Waals surface area contributed by atoms with Gasteiger partial charge in [-0.25, -0.2) is 0 Å². The molecule has 4 heteroatoms. The topological polar surface area (TPSA) is 66.4 Å². The molecule has 15 heavy (non-hydrogen) atoms. The highest BCUT2D eigenvalue weighted by atomic mass is 16.3. The molecule has 0 saturated heterocycles. The third kappa shape index (κ3) is 1.30. The van der Waals surface area contributed by atoms with E-state index in [1.54, 1.807) is 13.1 Å². The van der Waals surface area contributed by atoms with Crippen LogP contribution in [0.3, 0.4) is 0 Å². The Hall–Kier alpha value is -2.10. The summed E-state index contributed by atoms with van der Waals surface area (Å²) >= 11 is 0. The summed E-state index contributed by atoms with van der Waals surface area (Å²) < 4.78 is 0. The zero-order valence-electron chi connectivity index (χ0n) is 8.07. The average Bonchev–Trinajstić information content (AvgIpc) is 2.23. The Labute approximate surface area is 86.2 Å². The molecule has 1 aromatic rings. The van der Waals surface area contributed by atoms with Crippen LogP contribution in [0, 0.1) is 0 Å².